The molecule has 0 amide bonds. The third-order valence-corrected chi connectivity index (χ3v) is 9.72. The Morgan fingerprint density at radius 2 is 1.54 bits per heavy atom. The summed E-state index contributed by atoms with van der Waals surface area (Å²) in [5.74, 6) is -2.31. The minimum atomic E-state index is -1.88. The molecule has 0 N–H and O–H groups in total. The van der Waals surface area contributed by atoms with Crippen molar-refractivity contribution in [3.05, 3.63) is 12.2 Å². The molecule has 0 saturated heterocycles. The van der Waals surface area contributed by atoms with Crippen molar-refractivity contribution in [2.45, 2.75) is 78.1 Å². The van der Waals surface area contributed by atoms with Crippen LogP contribution in [0.3, 0.4) is 0 Å². The number of carbonyl (C=O) groups is 2. The standard InChI is InChI=1S/C20H38O5Si/c1-10-11-12-16(17(18(21)23-6)19(22)24-7)14-13-15(2)25-26(8,9)20(3,4)5/h13-17H,10-12H2,1-9H3/b14-13+/t15-,16+/m0/s1. The van der Waals surface area contributed by atoms with Crippen molar-refractivity contribution in [2.24, 2.45) is 11.8 Å². The van der Waals surface area contributed by atoms with Crippen molar-refractivity contribution < 1.29 is 23.5 Å². The van der Waals surface area contributed by atoms with Gasteiger partial charge in [0.15, 0.2) is 14.2 Å². The van der Waals surface area contributed by atoms with Crippen LogP contribution in [0, 0.1) is 11.8 Å². The molecule has 0 aliphatic rings. The minimum absolute atomic E-state index is 0.0871. The number of carbonyl (C=O) groups excluding carboxylic acids is 2. The molecule has 5 nitrogen and oxygen atoms in total. The zero-order chi connectivity index (χ0) is 20.5. The molecule has 26 heavy (non-hydrogen) atoms. The summed E-state index contributed by atoms with van der Waals surface area (Å²) in [4.78, 5) is 24.3. The molecule has 0 radical (unpaired) electrons. The molecule has 0 rings (SSSR count). The second-order valence-electron chi connectivity index (χ2n) is 8.30. The lowest BCUT2D eigenvalue weighted by Crippen LogP contribution is -2.43. The van der Waals surface area contributed by atoms with Gasteiger partial charge in [0, 0.05) is 5.92 Å². The molecule has 0 aromatic rings. The number of unbranched alkanes of at least 4 members (excludes halogenated alkanes) is 1. The highest BCUT2D eigenvalue weighted by Crippen LogP contribution is 2.37. The Morgan fingerprint density at radius 3 is 1.92 bits per heavy atom. The number of methoxy groups -OCH3 is 2. The second kappa shape index (κ2) is 10.9. The summed E-state index contributed by atoms with van der Waals surface area (Å²) in [6.07, 6.45) is 6.41. The van der Waals surface area contributed by atoms with E-state index in [1.807, 2.05) is 19.1 Å². The molecule has 0 unspecified atom stereocenters. The number of rotatable bonds is 10. The molecule has 0 saturated carbocycles. The van der Waals surface area contributed by atoms with Gasteiger partial charge < -0.3 is 13.9 Å². The van der Waals surface area contributed by atoms with Gasteiger partial charge in [-0.25, -0.2) is 0 Å². The smallest absolute Gasteiger partial charge is 0.320 e. The van der Waals surface area contributed by atoms with E-state index in [4.69, 9.17) is 13.9 Å². The number of esters is 2. The highest BCUT2D eigenvalue weighted by molar-refractivity contribution is 6.74. The molecule has 0 aliphatic carbocycles. The Balaban J connectivity index is 5.38. The van der Waals surface area contributed by atoms with Gasteiger partial charge in [0.25, 0.3) is 0 Å². The van der Waals surface area contributed by atoms with Gasteiger partial charge in [0.2, 0.25) is 0 Å². The lowest BCUT2D eigenvalue weighted by atomic mass is 9.87. The minimum Gasteiger partial charge on any atom is -0.468 e. The molecule has 0 spiro atoms. The van der Waals surface area contributed by atoms with Gasteiger partial charge in [-0.2, -0.15) is 0 Å². The van der Waals surface area contributed by atoms with Crippen LogP contribution in [0.25, 0.3) is 0 Å². The molecule has 152 valence electrons. The van der Waals surface area contributed by atoms with Gasteiger partial charge in [0.05, 0.1) is 20.3 Å². The summed E-state index contributed by atoms with van der Waals surface area (Å²) < 4.78 is 16.0. The van der Waals surface area contributed by atoms with Crippen LogP contribution in [0.2, 0.25) is 18.1 Å². The maximum atomic E-state index is 12.1. The van der Waals surface area contributed by atoms with E-state index in [-0.39, 0.29) is 17.1 Å². The van der Waals surface area contributed by atoms with E-state index in [2.05, 4.69) is 40.8 Å². The lowest BCUT2D eigenvalue weighted by molar-refractivity contribution is -0.160. The van der Waals surface area contributed by atoms with E-state index in [9.17, 15) is 9.59 Å². The van der Waals surface area contributed by atoms with Crippen LogP contribution in [0.5, 0.6) is 0 Å². The molecule has 0 aliphatic heterocycles. The molecule has 0 fully saturated rings. The fourth-order valence-electron chi connectivity index (χ4n) is 2.49. The molecular formula is C20H38O5Si. The Morgan fingerprint density at radius 1 is 1.04 bits per heavy atom. The first-order valence-electron chi connectivity index (χ1n) is 9.43. The fraction of sp³-hybridized carbons (Fsp3) is 0.800. The van der Waals surface area contributed by atoms with E-state index in [0.29, 0.717) is 6.42 Å². The van der Waals surface area contributed by atoms with Gasteiger partial charge >= 0.3 is 11.9 Å². The van der Waals surface area contributed by atoms with Crippen LogP contribution in [0.4, 0.5) is 0 Å². The largest absolute Gasteiger partial charge is 0.468 e. The van der Waals surface area contributed by atoms with Gasteiger partial charge in [-0.05, 0) is 31.5 Å². The topological polar surface area (TPSA) is 61.8 Å². The molecule has 0 aromatic carbocycles. The number of hydrogen-bond acceptors (Lipinski definition) is 5. The zero-order valence-corrected chi connectivity index (χ0v) is 19.0. The fourth-order valence-corrected chi connectivity index (χ4v) is 3.86. The van der Waals surface area contributed by atoms with Crippen molar-refractivity contribution >= 4 is 20.3 Å². The average Bonchev–Trinajstić information content (AvgIpc) is 2.54. The van der Waals surface area contributed by atoms with Crippen molar-refractivity contribution in [1.82, 2.24) is 0 Å². The summed E-state index contributed by atoms with van der Waals surface area (Å²) in [5.41, 5.74) is 0. The number of allylic oxidation sites excluding steroid dienone is 1. The van der Waals surface area contributed by atoms with E-state index < -0.39 is 26.2 Å². The van der Waals surface area contributed by atoms with Crippen molar-refractivity contribution in [3.8, 4) is 0 Å². The molecule has 6 heteroatoms. The molecule has 0 bridgehead atoms. The van der Waals surface area contributed by atoms with E-state index in [0.717, 1.165) is 12.8 Å². The quantitative estimate of drug-likeness (QED) is 0.235. The van der Waals surface area contributed by atoms with Crippen LogP contribution in [0.1, 0.15) is 53.9 Å². The third-order valence-electron chi connectivity index (χ3n) is 5.15. The first kappa shape index (κ1) is 24.9. The maximum Gasteiger partial charge on any atom is 0.320 e. The average molecular weight is 387 g/mol. The summed E-state index contributed by atoms with van der Waals surface area (Å²) in [7, 11) is 0.703. The lowest BCUT2D eigenvalue weighted by Gasteiger charge is -2.38. The third kappa shape index (κ3) is 7.62. The van der Waals surface area contributed by atoms with Gasteiger partial charge in [0.1, 0.15) is 0 Å². The molecule has 0 aromatic heterocycles. The summed E-state index contributed by atoms with van der Waals surface area (Å²) in [6.45, 7) is 15.1. The predicted molar refractivity (Wildman–Crippen MR) is 107 cm³/mol. The van der Waals surface area contributed by atoms with Crippen LogP contribution >= 0.6 is 0 Å². The summed E-state index contributed by atoms with van der Waals surface area (Å²) >= 11 is 0. The Bertz CT molecular complexity index is 463. The molecule has 0 heterocycles. The highest BCUT2D eigenvalue weighted by Gasteiger charge is 2.38. The van der Waals surface area contributed by atoms with Gasteiger partial charge in [-0.1, -0.05) is 52.7 Å². The number of ether oxygens (including phenoxy) is 2. The van der Waals surface area contributed by atoms with E-state index >= 15 is 0 Å². The van der Waals surface area contributed by atoms with Crippen LogP contribution in [0.15, 0.2) is 12.2 Å². The molecule has 2 atom stereocenters. The van der Waals surface area contributed by atoms with E-state index in [1.165, 1.54) is 14.2 Å². The second-order valence-corrected chi connectivity index (χ2v) is 13.1. The summed E-state index contributed by atoms with van der Waals surface area (Å²) in [5, 5.41) is 0.122. The maximum absolute atomic E-state index is 12.1. The first-order valence-corrected chi connectivity index (χ1v) is 12.3. The highest BCUT2D eigenvalue weighted by atomic mass is 28.4. The monoisotopic (exact) mass is 386 g/mol. The SMILES string of the molecule is CCCC[C@H](/C=C/[C@H](C)O[Si](C)(C)C(C)(C)C)C(C(=O)OC)C(=O)OC. The summed E-state index contributed by atoms with van der Waals surface area (Å²) in [6, 6.07) is 0. The Labute approximate surface area is 160 Å². The van der Waals surface area contributed by atoms with E-state index in [1.54, 1.807) is 0 Å². The van der Waals surface area contributed by atoms with Gasteiger partial charge in [-0.3, -0.25) is 9.59 Å². The van der Waals surface area contributed by atoms with Crippen LogP contribution in [-0.2, 0) is 23.5 Å². The van der Waals surface area contributed by atoms with Gasteiger partial charge in [-0.15, -0.1) is 0 Å². The normalized spacial score (nSPS) is 15.2. The predicted octanol–water partition coefficient (Wildman–Crippen LogP) is 4.72. The zero-order valence-electron chi connectivity index (χ0n) is 18.0. The van der Waals surface area contributed by atoms with Crippen LogP contribution in [-0.4, -0.2) is 40.6 Å². The Hall–Kier alpha value is -1.14. The first-order chi connectivity index (χ1) is 11.9. The number of hydrogen-bond donors (Lipinski definition) is 0. The van der Waals surface area contributed by atoms with Crippen molar-refractivity contribution in [3.63, 3.8) is 0 Å². The van der Waals surface area contributed by atoms with Crippen molar-refractivity contribution in [2.75, 3.05) is 14.2 Å². The molecular weight excluding hydrogens is 348 g/mol. The van der Waals surface area contributed by atoms with Crippen molar-refractivity contribution in [1.29, 1.82) is 0 Å². The Kier molecular flexibility index (Phi) is 10.4. The van der Waals surface area contributed by atoms with Crippen LogP contribution < -0.4 is 0 Å².